The Morgan fingerprint density at radius 2 is 1.80 bits per heavy atom. The molecule has 0 atom stereocenters. The maximum Gasteiger partial charge on any atom is 0.407 e. The van der Waals surface area contributed by atoms with E-state index in [-0.39, 0.29) is 29.8 Å². The molecule has 1 amide bonds. The van der Waals surface area contributed by atoms with E-state index in [0.717, 1.165) is 5.56 Å². The summed E-state index contributed by atoms with van der Waals surface area (Å²) >= 11 is 0. The number of nitrogens with zero attached hydrogens (tertiary/aromatic N) is 1. The van der Waals surface area contributed by atoms with Gasteiger partial charge in [0.15, 0.2) is 5.96 Å². The second-order valence-electron chi connectivity index (χ2n) is 6.23. The predicted octanol–water partition coefficient (Wildman–Crippen LogP) is 2.68. The molecule has 1 aromatic carbocycles. The number of halogens is 2. The SMILES string of the molecule is CN=C(NCCNC(=O)OC(C)(C)C)NCCc1cccc(F)c1.I. The fourth-order valence-electron chi connectivity index (χ4n) is 1.90. The van der Waals surface area contributed by atoms with Crippen molar-refractivity contribution >= 4 is 36.0 Å². The first-order valence-electron chi connectivity index (χ1n) is 7.96. The lowest BCUT2D eigenvalue weighted by Crippen LogP contribution is -2.43. The monoisotopic (exact) mass is 466 g/mol. The molecule has 0 aromatic heterocycles. The number of benzene rings is 1. The van der Waals surface area contributed by atoms with E-state index in [1.54, 1.807) is 13.1 Å². The van der Waals surface area contributed by atoms with Crippen LogP contribution in [0.3, 0.4) is 0 Å². The van der Waals surface area contributed by atoms with Crippen LogP contribution in [0.2, 0.25) is 0 Å². The van der Waals surface area contributed by atoms with Crippen molar-refractivity contribution < 1.29 is 13.9 Å². The predicted molar refractivity (Wildman–Crippen MR) is 109 cm³/mol. The first-order chi connectivity index (χ1) is 11.3. The van der Waals surface area contributed by atoms with Crippen molar-refractivity contribution in [2.24, 2.45) is 4.99 Å². The molecule has 0 aliphatic carbocycles. The summed E-state index contributed by atoms with van der Waals surface area (Å²) in [6, 6.07) is 6.52. The molecule has 0 bridgehead atoms. The third-order valence-electron chi connectivity index (χ3n) is 2.90. The number of guanidine groups is 1. The zero-order valence-electron chi connectivity index (χ0n) is 15.2. The number of amides is 1. The van der Waals surface area contributed by atoms with Crippen LogP contribution in [0, 0.1) is 5.82 Å². The van der Waals surface area contributed by atoms with Gasteiger partial charge in [0.2, 0.25) is 0 Å². The van der Waals surface area contributed by atoms with Crippen LogP contribution in [-0.4, -0.2) is 44.3 Å². The number of aliphatic imine (C=N–C) groups is 1. The van der Waals surface area contributed by atoms with E-state index in [0.29, 0.717) is 32.0 Å². The largest absolute Gasteiger partial charge is 0.444 e. The summed E-state index contributed by atoms with van der Waals surface area (Å²) < 4.78 is 18.2. The Morgan fingerprint density at radius 1 is 1.16 bits per heavy atom. The zero-order chi connectivity index (χ0) is 18.0. The van der Waals surface area contributed by atoms with Crippen molar-refractivity contribution in [1.29, 1.82) is 0 Å². The van der Waals surface area contributed by atoms with E-state index in [1.165, 1.54) is 12.1 Å². The molecule has 0 heterocycles. The number of rotatable bonds is 6. The van der Waals surface area contributed by atoms with E-state index in [1.807, 2.05) is 26.8 Å². The van der Waals surface area contributed by atoms with Crippen LogP contribution < -0.4 is 16.0 Å². The fraction of sp³-hybridized carbons (Fsp3) is 0.529. The fourth-order valence-corrected chi connectivity index (χ4v) is 1.90. The summed E-state index contributed by atoms with van der Waals surface area (Å²) in [5.74, 6) is 0.389. The highest BCUT2D eigenvalue weighted by Crippen LogP contribution is 2.06. The van der Waals surface area contributed by atoms with Crippen LogP contribution in [0.15, 0.2) is 29.3 Å². The number of nitrogens with one attached hydrogen (secondary N) is 3. The lowest BCUT2D eigenvalue weighted by Gasteiger charge is -2.19. The Hall–Kier alpha value is -1.58. The molecule has 0 spiro atoms. The standard InChI is InChI=1S/C17H27FN4O2.HI/c1-17(2,3)24-16(23)22-11-10-21-15(19-4)20-9-8-13-6-5-7-14(18)12-13;/h5-7,12H,8-11H2,1-4H3,(H,22,23)(H2,19,20,21);1H. The Kier molecular flexibility index (Phi) is 11.1. The van der Waals surface area contributed by atoms with E-state index < -0.39 is 11.7 Å². The summed E-state index contributed by atoms with van der Waals surface area (Å²) in [4.78, 5) is 15.6. The van der Waals surface area contributed by atoms with Gasteiger partial charge in [0, 0.05) is 26.7 Å². The number of carbonyl (C=O) groups is 1. The van der Waals surface area contributed by atoms with Crippen molar-refractivity contribution in [3.8, 4) is 0 Å². The van der Waals surface area contributed by atoms with Gasteiger partial charge >= 0.3 is 6.09 Å². The summed E-state index contributed by atoms with van der Waals surface area (Å²) in [5.41, 5.74) is 0.413. The average molecular weight is 466 g/mol. The van der Waals surface area contributed by atoms with Gasteiger partial charge in [-0.05, 0) is 44.9 Å². The lowest BCUT2D eigenvalue weighted by molar-refractivity contribution is 0.0529. The molecule has 3 N–H and O–H groups in total. The van der Waals surface area contributed by atoms with Crippen molar-refractivity contribution in [1.82, 2.24) is 16.0 Å². The van der Waals surface area contributed by atoms with Crippen LogP contribution in [0.25, 0.3) is 0 Å². The quantitative estimate of drug-likeness (QED) is 0.261. The Labute approximate surface area is 166 Å². The third kappa shape index (κ3) is 11.6. The molecule has 0 fully saturated rings. The molecule has 0 unspecified atom stereocenters. The minimum absolute atomic E-state index is 0. The molecule has 0 radical (unpaired) electrons. The summed E-state index contributed by atoms with van der Waals surface area (Å²) in [7, 11) is 1.67. The molecule has 25 heavy (non-hydrogen) atoms. The Bertz CT molecular complexity index is 562. The third-order valence-corrected chi connectivity index (χ3v) is 2.90. The number of carbonyl (C=O) groups excluding carboxylic acids is 1. The van der Waals surface area contributed by atoms with Gasteiger partial charge in [-0.1, -0.05) is 12.1 Å². The molecule has 0 saturated heterocycles. The molecule has 0 aliphatic rings. The van der Waals surface area contributed by atoms with Crippen molar-refractivity contribution in [3.05, 3.63) is 35.6 Å². The van der Waals surface area contributed by atoms with Crippen LogP contribution in [0.4, 0.5) is 9.18 Å². The molecule has 1 aromatic rings. The molecule has 0 aliphatic heterocycles. The normalized spacial score (nSPS) is 11.3. The zero-order valence-corrected chi connectivity index (χ0v) is 17.5. The minimum Gasteiger partial charge on any atom is -0.444 e. The van der Waals surface area contributed by atoms with Crippen molar-refractivity contribution in [2.75, 3.05) is 26.7 Å². The Morgan fingerprint density at radius 3 is 2.40 bits per heavy atom. The van der Waals surface area contributed by atoms with Crippen molar-refractivity contribution in [2.45, 2.75) is 32.8 Å². The van der Waals surface area contributed by atoms with Gasteiger partial charge in [-0.25, -0.2) is 9.18 Å². The summed E-state index contributed by atoms with van der Waals surface area (Å²) in [5, 5.41) is 8.87. The van der Waals surface area contributed by atoms with Gasteiger partial charge in [-0.3, -0.25) is 4.99 Å². The molecule has 1 rings (SSSR count). The Balaban J connectivity index is 0.00000576. The number of hydrogen-bond acceptors (Lipinski definition) is 3. The second-order valence-corrected chi connectivity index (χ2v) is 6.23. The van der Waals surface area contributed by atoms with Crippen LogP contribution in [0.5, 0.6) is 0 Å². The lowest BCUT2D eigenvalue weighted by atomic mass is 10.1. The highest BCUT2D eigenvalue weighted by atomic mass is 127. The van der Waals surface area contributed by atoms with Gasteiger partial charge in [-0.15, -0.1) is 24.0 Å². The molecule has 142 valence electrons. The van der Waals surface area contributed by atoms with E-state index in [9.17, 15) is 9.18 Å². The van der Waals surface area contributed by atoms with Gasteiger partial charge in [0.1, 0.15) is 11.4 Å². The van der Waals surface area contributed by atoms with Crippen molar-refractivity contribution in [3.63, 3.8) is 0 Å². The first-order valence-corrected chi connectivity index (χ1v) is 7.96. The second kappa shape index (κ2) is 11.9. The van der Waals surface area contributed by atoms with Crippen LogP contribution >= 0.6 is 24.0 Å². The molecule has 8 heteroatoms. The van der Waals surface area contributed by atoms with Gasteiger partial charge < -0.3 is 20.7 Å². The number of hydrogen-bond donors (Lipinski definition) is 3. The van der Waals surface area contributed by atoms with Crippen LogP contribution in [0.1, 0.15) is 26.3 Å². The van der Waals surface area contributed by atoms with E-state index in [4.69, 9.17) is 4.74 Å². The summed E-state index contributed by atoms with van der Waals surface area (Å²) in [6.45, 7) is 7.00. The van der Waals surface area contributed by atoms with Crippen LogP contribution in [-0.2, 0) is 11.2 Å². The highest BCUT2D eigenvalue weighted by molar-refractivity contribution is 14.0. The topological polar surface area (TPSA) is 74.8 Å². The van der Waals surface area contributed by atoms with Gasteiger partial charge in [0.05, 0.1) is 0 Å². The average Bonchev–Trinajstić information content (AvgIpc) is 2.48. The molecule has 6 nitrogen and oxygen atoms in total. The van der Waals surface area contributed by atoms with Gasteiger partial charge in [0.25, 0.3) is 0 Å². The molecule has 0 saturated carbocycles. The van der Waals surface area contributed by atoms with E-state index >= 15 is 0 Å². The maximum absolute atomic E-state index is 13.1. The smallest absolute Gasteiger partial charge is 0.407 e. The number of ether oxygens (including phenoxy) is 1. The van der Waals surface area contributed by atoms with Gasteiger partial charge in [-0.2, -0.15) is 0 Å². The summed E-state index contributed by atoms with van der Waals surface area (Å²) in [6.07, 6.45) is 0.243. The number of alkyl carbamates (subject to hydrolysis) is 1. The van der Waals surface area contributed by atoms with E-state index in [2.05, 4.69) is 20.9 Å². The minimum atomic E-state index is -0.508. The molecular weight excluding hydrogens is 438 g/mol. The molecular formula is C17H28FIN4O2. The first kappa shape index (κ1) is 23.4. The highest BCUT2D eigenvalue weighted by Gasteiger charge is 2.15. The maximum atomic E-state index is 13.1.